The average Bonchev–Trinajstić information content (AvgIpc) is 2.64. The van der Waals surface area contributed by atoms with Crippen LogP contribution < -0.4 is 15.0 Å². The molecule has 146 valence electrons. The van der Waals surface area contributed by atoms with Crippen LogP contribution in [0.25, 0.3) is 0 Å². The third-order valence-corrected chi connectivity index (χ3v) is 3.72. The zero-order chi connectivity index (χ0) is 20.3. The van der Waals surface area contributed by atoms with Gasteiger partial charge in [-0.05, 0) is 36.4 Å². The molecule has 0 spiro atoms. The van der Waals surface area contributed by atoms with Crippen LogP contribution in [-0.4, -0.2) is 37.3 Å². The van der Waals surface area contributed by atoms with E-state index in [4.69, 9.17) is 4.74 Å². The maximum Gasteiger partial charge on any atom is 0.573 e. The number of hydrogen-bond acceptors (Lipinski definition) is 5. The molecule has 0 radical (unpaired) electrons. The quantitative estimate of drug-likeness (QED) is 0.806. The van der Waals surface area contributed by atoms with E-state index in [-0.39, 0.29) is 12.1 Å². The van der Waals surface area contributed by atoms with Gasteiger partial charge in [0.2, 0.25) is 5.91 Å². The van der Waals surface area contributed by atoms with Gasteiger partial charge in [0, 0.05) is 0 Å². The predicted molar refractivity (Wildman–Crippen MR) is 90.8 cm³/mol. The fourth-order valence-corrected chi connectivity index (χ4v) is 2.54. The Morgan fingerprint density at radius 2 is 1.75 bits per heavy atom. The van der Waals surface area contributed by atoms with Crippen LogP contribution >= 0.6 is 0 Å². The lowest BCUT2D eigenvalue weighted by atomic mass is 10.2. The summed E-state index contributed by atoms with van der Waals surface area (Å²) in [4.78, 5) is 37.3. The first-order valence-corrected chi connectivity index (χ1v) is 7.95. The Kier molecular flexibility index (Phi) is 5.21. The van der Waals surface area contributed by atoms with Crippen molar-refractivity contribution in [3.63, 3.8) is 0 Å². The third-order valence-electron chi connectivity index (χ3n) is 3.72. The number of rotatable bonds is 4. The minimum Gasteiger partial charge on any atom is -0.452 e. The first kappa shape index (κ1) is 19.2. The van der Waals surface area contributed by atoms with Gasteiger partial charge in [0.05, 0.1) is 16.9 Å². The van der Waals surface area contributed by atoms with Crippen molar-refractivity contribution in [1.29, 1.82) is 0 Å². The molecule has 0 saturated carbocycles. The van der Waals surface area contributed by atoms with Crippen LogP contribution in [0.5, 0.6) is 5.75 Å². The van der Waals surface area contributed by atoms with E-state index >= 15 is 0 Å². The SMILES string of the molecule is O=C1CN(C(=O)COC(=O)c2ccc(OC(F)(F)F)cc2)c2ccccc2N1. The zero-order valence-electron chi connectivity index (χ0n) is 14.2. The second-order valence-corrected chi connectivity index (χ2v) is 5.69. The number of benzene rings is 2. The normalized spacial score (nSPS) is 13.4. The molecule has 10 heteroatoms. The lowest BCUT2D eigenvalue weighted by Crippen LogP contribution is -2.44. The molecule has 7 nitrogen and oxygen atoms in total. The first-order valence-electron chi connectivity index (χ1n) is 7.95. The Morgan fingerprint density at radius 3 is 2.43 bits per heavy atom. The molecule has 0 aromatic heterocycles. The third kappa shape index (κ3) is 4.58. The first-order chi connectivity index (χ1) is 13.2. The highest BCUT2D eigenvalue weighted by Gasteiger charge is 2.31. The summed E-state index contributed by atoms with van der Waals surface area (Å²) >= 11 is 0. The Morgan fingerprint density at radius 1 is 1.07 bits per heavy atom. The monoisotopic (exact) mass is 394 g/mol. The molecule has 0 aliphatic carbocycles. The van der Waals surface area contributed by atoms with Crippen LogP contribution in [0.3, 0.4) is 0 Å². The van der Waals surface area contributed by atoms with Crippen molar-refractivity contribution in [3.8, 4) is 5.75 Å². The van der Waals surface area contributed by atoms with Gasteiger partial charge in [-0.25, -0.2) is 4.79 Å². The van der Waals surface area contributed by atoms with Crippen LogP contribution in [0.1, 0.15) is 10.4 Å². The Hall–Kier alpha value is -3.56. The number of esters is 1. The van der Waals surface area contributed by atoms with Gasteiger partial charge in [-0.2, -0.15) is 0 Å². The number of nitrogens with zero attached hydrogens (tertiary/aromatic N) is 1. The van der Waals surface area contributed by atoms with Gasteiger partial charge in [-0.15, -0.1) is 13.2 Å². The van der Waals surface area contributed by atoms with Gasteiger partial charge in [0.25, 0.3) is 5.91 Å². The Labute approximate surface area is 156 Å². The van der Waals surface area contributed by atoms with E-state index in [0.29, 0.717) is 11.4 Å². The van der Waals surface area contributed by atoms with Gasteiger partial charge >= 0.3 is 12.3 Å². The van der Waals surface area contributed by atoms with E-state index in [1.807, 2.05) is 0 Å². The molecular formula is C18H13F3N2O5. The molecule has 0 atom stereocenters. The molecule has 2 amide bonds. The van der Waals surface area contributed by atoms with Crippen molar-refractivity contribution in [1.82, 2.24) is 0 Å². The van der Waals surface area contributed by atoms with Crippen LogP contribution in [0, 0.1) is 0 Å². The maximum atomic E-state index is 12.4. The number of halogens is 3. The number of para-hydroxylation sites is 2. The predicted octanol–water partition coefficient (Wildman–Crippen LogP) is 2.73. The fourth-order valence-electron chi connectivity index (χ4n) is 2.54. The lowest BCUT2D eigenvalue weighted by Gasteiger charge is -2.28. The van der Waals surface area contributed by atoms with Crippen LogP contribution in [0.2, 0.25) is 0 Å². The van der Waals surface area contributed by atoms with Crippen molar-refractivity contribution < 1.29 is 37.0 Å². The minimum absolute atomic E-state index is 0.0564. The topological polar surface area (TPSA) is 84.9 Å². The summed E-state index contributed by atoms with van der Waals surface area (Å²) in [5.41, 5.74) is 0.870. The van der Waals surface area contributed by atoms with E-state index in [1.54, 1.807) is 24.3 Å². The van der Waals surface area contributed by atoms with Crippen molar-refractivity contribution in [2.75, 3.05) is 23.4 Å². The highest BCUT2D eigenvalue weighted by Crippen LogP contribution is 2.29. The zero-order valence-corrected chi connectivity index (χ0v) is 14.2. The molecule has 1 N–H and O–H groups in total. The standard InChI is InChI=1S/C18H13F3N2O5/c19-18(20,21)28-12-7-5-11(6-8-12)17(26)27-10-16(25)23-9-15(24)22-13-3-1-2-4-14(13)23/h1-8H,9-10H2,(H,22,24). The molecule has 2 aromatic carbocycles. The molecular weight excluding hydrogens is 381 g/mol. The number of nitrogens with one attached hydrogen (secondary N) is 1. The second kappa shape index (κ2) is 7.59. The van der Waals surface area contributed by atoms with Gasteiger partial charge < -0.3 is 14.8 Å². The molecule has 1 aliphatic heterocycles. The molecule has 1 heterocycles. The molecule has 0 saturated heterocycles. The van der Waals surface area contributed by atoms with Crippen LogP contribution in [0.15, 0.2) is 48.5 Å². The Balaban J connectivity index is 1.62. The number of alkyl halides is 3. The highest BCUT2D eigenvalue weighted by molar-refractivity contribution is 6.10. The number of hydrogen-bond donors (Lipinski definition) is 1. The molecule has 2 aromatic rings. The number of anilines is 2. The number of fused-ring (bicyclic) bond motifs is 1. The van der Waals surface area contributed by atoms with Crippen LogP contribution in [0.4, 0.5) is 24.5 Å². The summed E-state index contributed by atoms with van der Waals surface area (Å²) in [5.74, 6) is -2.40. The minimum atomic E-state index is -4.84. The van der Waals surface area contributed by atoms with Crippen molar-refractivity contribution in [3.05, 3.63) is 54.1 Å². The van der Waals surface area contributed by atoms with Gasteiger partial charge in [-0.1, -0.05) is 12.1 Å². The van der Waals surface area contributed by atoms with E-state index < -0.39 is 36.5 Å². The Bertz CT molecular complexity index is 912. The molecule has 1 aliphatic rings. The van der Waals surface area contributed by atoms with E-state index in [1.165, 1.54) is 4.90 Å². The van der Waals surface area contributed by atoms with Gasteiger partial charge in [0.1, 0.15) is 12.3 Å². The molecule has 3 rings (SSSR count). The summed E-state index contributed by atoms with van der Waals surface area (Å²) in [6.07, 6.45) is -4.84. The number of ether oxygens (including phenoxy) is 2. The largest absolute Gasteiger partial charge is 0.573 e. The van der Waals surface area contributed by atoms with E-state index in [9.17, 15) is 27.6 Å². The van der Waals surface area contributed by atoms with E-state index in [2.05, 4.69) is 10.1 Å². The summed E-state index contributed by atoms with van der Waals surface area (Å²) in [7, 11) is 0. The van der Waals surface area contributed by atoms with E-state index in [0.717, 1.165) is 24.3 Å². The lowest BCUT2D eigenvalue weighted by molar-refractivity contribution is -0.274. The molecule has 0 fully saturated rings. The number of carbonyl (C=O) groups is 3. The fraction of sp³-hybridized carbons (Fsp3) is 0.167. The summed E-state index contributed by atoms with van der Waals surface area (Å²) < 4.78 is 45.0. The summed E-state index contributed by atoms with van der Waals surface area (Å²) in [6, 6.07) is 10.7. The van der Waals surface area contributed by atoms with Gasteiger partial charge in [-0.3, -0.25) is 14.5 Å². The van der Waals surface area contributed by atoms with Crippen LogP contribution in [-0.2, 0) is 14.3 Å². The number of amides is 2. The van der Waals surface area contributed by atoms with Gasteiger partial charge in [0.15, 0.2) is 6.61 Å². The second-order valence-electron chi connectivity index (χ2n) is 5.69. The maximum absolute atomic E-state index is 12.4. The summed E-state index contributed by atoms with van der Waals surface area (Å²) in [6.45, 7) is -0.863. The number of carbonyl (C=O) groups excluding carboxylic acids is 3. The molecule has 0 bridgehead atoms. The van der Waals surface area contributed by atoms with Crippen molar-refractivity contribution >= 4 is 29.2 Å². The van der Waals surface area contributed by atoms with Crippen molar-refractivity contribution in [2.24, 2.45) is 0 Å². The van der Waals surface area contributed by atoms with Crippen molar-refractivity contribution in [2.45, 2.75) is 6.36 Å². The smallest absolute Gasteiger partial charge is 0.452 e. The highest BCUT2D eigenvalue weighted by atomic mass is 19.4. The summed E-state index contributed by atoms with van der Waals surface area (Å²) in [5, 5.41) is 2.62. The average molecular weight is 394 g/mol. The molecule has 0 unspecified atom stereocenters. The molecule has 28 heavy (non-hydrogen) atoms.